The van der Waals surface area contributed by atoms with Crippen LogP contribution in [0.3, 0.4) is 0 Å². The van der Waals surface area contributed by atoms with Crippen molar-refractivity contribution in [3.8, 4) is 0 Å². The molecule has 2 aliphatic rings. The van der Waals surface area contributed by atoms with Crippen molar-refractivity contribution in [2.75, 3.05) is 6.54 Å². The van der Waals surface area contributed by atoms with Crippen LogP contribution in [0.25, 0.3) is 0 Å². The van der Waals surface area contributed by atoms with Crippen molar-refractivity contribution in [1.29, 1.82) is 0 Å². The van der Waals surface area contributed by atoms with Crippen LogP contribution in [0, 0.1) is 5.92 Å². The molecule has 2 atom stereocenters. The van der Waals surface area contributed by atoms with E-state index >= 15 is 0 Å². The summed E-state index contributed by atoms with van der Waals surface area (Å²) >= 11 is 0. The molecule has 16 heavy (non-hydrogen) atoms. The minimum absolute atomic E-state index is 0.516. The fourth-order valence-electron chi connectivity index (χ4n) is 2.88. The van der Waals surface area contributed by atoms with E-state index in [1.807, 2.05) is 0 Å². The molecular formula is C13H21N3. The normalized spacial score (nSPS) is 30.1. The predicted molar refractivity (Wildman–Crippen MR) is 64.3 cm³/mol. The number of imidazole rings is 1. The summed E-state index contributed by atoms with van der Waals surface area (Å²) < 4.78 is 2.37. The molecule has 0 aromatic carbocycles. The Labute approximate surface area is 97.3 Å². The quantitative estimate of drug-likeness (QED) is 0.785. The predicted octanol–water partition coefficient (Wildman–Crippen LogP) is 2.28. The van der Waals surface area contributed by atoms with Crippen molar-refractivity contribution < 1.29 is 0 Å². The minimum atomic E-state index is 0.516. The van der Waals surface area contributed by atoms with Crippen LogP contribution in [0.15, 0.2) is 6.20 Å². The Hall–Kier alpha value is -0.830. The summed E-state index contributed by atoms with van der Waals surface area (Å²) in [6.45, 7) is 4.65. The van der Waals surface area contributed by atoms with E-state index in [4.69, 9.17) is 4.98 Å². The van der Waals surface area contributed by atoms with Crippen LogP contribution >= 0.6 is 0 Å². The maximum Gasteiger partial charge on any atom is 0.109 e. The lowest BCUT2D eigenvalue weighted by Gasteiger charge is -2.21. The van der Waals surface area contributed by atoms with E-state index in [0.717, 1.165) is 25.4 Å². The Bertz CT molecular complexity index is 363. The van der Waals surface area contributed by atoms with Gasteiger partial charge in [0.1, 0.15) is 5.82 Å². The molecule has 3 rings (SSSR count). The zero-order chi connectivity index (χ0) is 11.0. The lowest BCUT2D eigenvalue weighted by atomic mass is 10.0. The average Bonchev–Trinajstić information content (AvgIpc) is 2.73. The molecule has 0 amide bonds. The third-order valence-corrected chi connectivity index (χ3v) is 3.94. The van der Waals surface area contributed by atoms with E-state index in [2.05, 4.69) is 23.0 Å². The van der Waals surface area contributed by atoms with Crippen molar-refractivity contribution in [1.82, 2.24) is 14.9 Å². The summed E-state index contributed by atoms with van der Waals surface area (Å²) in [6, 6.07) is 0.516. The Morgan fingerprint density at radius 2 is 2.31 bits per heavy atom. The van der Waals surface area contributed by atoms with Crippen LogP contribution in [0.5, 0.6) is 0 Å². The minimum Gasteiger partial charge on any atom is -0.335 e. The lowest BCUT2D eigenvalue weighted by molar-refractivity contribution is 0.405. The number of hydrogen-bond acceptors (Lipinski definition) is 2. The highest BCUT2D eigenvalue weighted by Crippen LogP contribution is 2.25. The van der Waals surface area contributed by atoms with Crippen LogP contribution < -0.4 is 5.32 Å². The van der Waals surface area contributed by atoms with Gasteiger partial charge < -0.3 is 9.88 Å². The van der Waals surface area contributed by atoms with E-state index in [-0.39, 0.29) is 0 Å². The monoisotopic (exact) mass is 219 g/mol. The lowest BCUT2D eigenvalue weighted by Crippen LogP contribution is -2.27. The van der Waals surface area contributed by atoms with Gasteiger partial charge in [0.25, 0.3) is 0 Å². The Morgan fingerprint density at radius 3 is 3.12 bits per heavy atom. The summed E-state index contributed by atoms with van der Waals surface area (Å²) in [5.41, 5.74) is 1.28. The van der Waals surface area contributed by atoms with Gasteiger partial charge >= 0.3 is 0 Å². The molecule has 2 aliphatic heterocycles. The summed E-state index contributed by atoms with van der Waals surface area (Å²) in [5, 5.41) is 3.58. The molecule has 1 aromatic rings. The first kappa shape index (κ1) is 10.3. The third kappa shape index (κ3) is 1.88. The van der Waals surface area contributed by atoms with Crippen LogP contribution in [0.2, 0.25) is 0 Å². The fraction of sp³-hybridized carbons (Fsp3) is 0.769. The molecule has 3 nitrogen and oxygen atoms in total. The Kier molecular flexibility index (Phi) is 2.72. The molecule has 3 heterocycles. The van der Waals surface area contributed by atoms with E-state index in [1.54, 1.807) is 0 Å². The second-order valence-corrected chi connectivity index (χ2v) is 5.38. The van der Waals surface area contributed by atoms with Gasteiger partial charge in [0, 0.05) is 19.2 Å². The Morgan fingerprint density at radius 1 is 1.38 bits per heavy atom. The summed E-state index contributed by atoms with van der Waals surface area (Å²) in [6.07, 6.45) is 8.67. The molecule has 1 saturated heterocycles. The van der Waals surface area contributed by atoms with Crippen LogP contribution in [-0.2, 0) is 13.0 Å². The van der Waals surface area contributed by atoms with Crippen molar-refractivity contribution >= 4 is 0 Å². The Balaban J connectivity index is 1.80. The van der Waals surface area contributed by atoms with Gasteiger partial charge in [0.05, 0.1) is 11.7 Å². The van der Waals surface area contributed by atoms with Crippen molar-refractivity contribution in [2.45, 2.75) is 51.6 Å². The van der Waals surface area contributed by atoms with Gasteiger partial charge in [-0.15, -0.1) is 0 Å². The standard InChI is InChI=1S/C13H21N3/c1-10-5-7-16-9-12(15-13(16)8-10)11-4-2-3-6-14-11/h9-11,14H,2-8H2,1H3/t10-,11+/m1/s1. The van der Waals surface area contributed by atoms with Crippen molar-refractivity contribution in [2.24, 2.45) is 5.92 Å². The number of nitrogens with zero attached hydrogens (tertiary/aromatic N) is 2. The topological polar surface area (TPSA) is 29.9 Å². The van der Waals surface area contributed by atoms with E-state index < -0.39 is 0 Å². The van der Waals surface area contributed by atoms with Gasteiger partial charge in [0.15, 0.2) is 0 Å². The van der Waals surface area contributed by atoms with Crippen molar-refractivity contribution in [3.05, 3.63) is 17.7 Å². The van der Waals surface area contributed by atoms with E-state index in [9.17, 15) is 0 Å². The van der Waals surface area contributed by atoms with Gasteiger partial charge in [0.2, 0.25) is 0 Å². The number of fused-ring (bicyclic) bond motifs is 1. The first-order chi connectivity index (χ1) is 7.83. The van der Waals surface area contributed by atoms with Crippen LogP contribution in [-0.4, -0.2) is 16.1 Å². The molecule has 0 aliphatic carbocycles. The number of hydrogen-bond donors (Lipinski definition) is 1. The highest BCUT2D eigenvalue weighted by atomic mass is 15.1. The van der Waals surface area contributed by atoms with Gasteiger partial charge in [-0.05, 0) is 31.7 Å². The highest BCUT2D eigenvalue weighted by Gasteiger charge is 2.22. The van der Waals surface area contributed by atoms with Crippen LogP contribution in [0.1, 0.15) is 50.2 Å². The maximum atomic E-state index is 4.83. The summed E-state index contributed by atoms with van der Waals surface area (Å²) in [5.74, 6) is 2.11. The maximum absolute atomic E-state index is 4.83. The zero-order valence-electron chi connectivity index (χ0n) is 10.1. The van der Waals surface area contributed by atoms with E-state index in [0.29, 0.717) is 6.04 Å². The summed E-state index contributed by atoms with van der Waals surface area (Å²) in [7, 11) is 0. The van der Waals surface area contributed by atoms with Gasteiger partial charge in [-0.3, -0.25) is 0 Å². The average molecular weight is 219 g/mol. The fourth-order valence-corrected chi connectivity index (χ4v) is 2.88. The molecule has 0 bridgehead atoms. The molecule has 0 radical (unpaired) electrons. The van der Waals surface area contributed by atoms with Gasteiger partial charge in [-0.25, -0.2) is 4.98 Å². The first-order valence-electron chi connectivity index (χ1n) is 6.62. The second-order valence-electron chi connectivity index (χ2n) is 5.38. The largest absolute Gasteiger partial charge is 0.335 e. The molecular weight excluding hydrogens is 198 g/mol. The first-order valence-corrected chi connectivity index (χ1v) is 6.62. The molecule has 3 heteroatoms. The molecule has 0 spiro atoms. The second kappa shape index (κ2) is 4.21. The smallest absolute Gasteiger partial charge is 0.109 e. The van der Waals surface area contributed by atoms with Gasteiger partial charge in [-0.1, -0.05) is 13.3 Å². The van der Waals surface area contributed by atoms with Crippen molar-refractivity contribution in [3.63, 3.8) is 0 Å². The third-order valence-electron chi connectivity index (χ3n) is 3.94. The number of rotatable bonds is 1. The molecule has 0 saturated carbocycles. The molecule has 88 valence electrons. The number of aryl methyl sites for hydroxylation is 1. The van der Waals surface area contributed by atoms with Crippen LogP contribution in [0.4, 0.5) is 0 Å². The SMILES string of the molecule is C[C@@H]1CCn2cc([C@@H]3CCCCN3)nc2C1. The van der Waals surface area contributed by atoms with Gasteiger partial charge in [-0.2, -0.15) is 0 Å². The molecule has 1 N–H and O–H groups in total. The summed E-state index contributed by atoms with van der Waals surface area (Å²) in [4.78, 5) is 4.83. The van der Waals surface area contributed by atoms with E-state index in [1.165, 1.54) is 37.2 Å². The highest BCUT2D eigenvalue weighted by molar-refractivity contribution is 5.11. The molecule has 1 fully saturated rings. The number of nitrogens with one attached hydrogen (secondary N) is 1. The number of aromatic nitrogens is 2. The zero-order valence-corrected chi connectivity index (χ0v) is 10.1. The molecule has 1 aromatic heterocycles. The molecule has 0 unspecified atom stereocenters. The number of piperidine rings is 1.